The Balaban J connectivity index is 1.72. The fraction of sp³-hybridized carbons (Fsp3) is 0.533. The molecule has 1 aliphatic heterocycles. The highest BCUT2D eigenvalue weighted by atomic mass is 15.2. The molecular formula is C15H22N4. The topological polar surface area (TPSA) is 44.0 Å². The minimum Gasteiger partial charge on any atom is -0.342 e. The van der Waals surface area contributed by atoms with Crippen LogP contribution in [0, 0.1) is 6.92 Å². The van der Waals surface area contributed by atoms with Crippen molar-refractivity contribution in [2.24, 2.45) is 0 Å². The fourth-order valence-electron chi connectivity index (χ4n) is 2.90. The molecule has 0 radical (unpaired) electrons. The molecule has 0 aliphatic carbocycles. The van der Waals surface area contributed by atoms with E-state index in [0.29, 0.717) is 6.04 Å². The Bertz CT molecular complexity index is 554. The first kappa shape index (κ1) is 12.6. The number of fused-ring (bicyclic) bond motifs is 1. The van der Waals surface area contributed by atoms with Crippen LogP contribution in [-0.4, -0.2) is 47.1 Å². The molecular weight excluding hydrogens is 236 g/mol. The van der Waals surface area contributed by atoms with Gasteiger partial charge in [0.1, 0.15) is 5.82 Å². The van der Waals surface area contributed by atoms with E-state index in [-0.39, 0.29) is 0 Å². The van der Waals surface area contributed by atoms with Crippen LogP contribution in [0.4, 0.5) is 0 Å². The first-order chi connectivity index (χ1) is 9.22. The third-order valence-electron chi connectivity index (χ3n) is 3.97. The molecule has 0 amide bonds. The number of aromatic nitrogens is 2. The molecule has 1 aromatic heterocycles. The van der Waals surface area contributed by atoms with Gasteiger partial charge in [-0.3, -0.25) is 4.90 Å². The number of hydrogen-bond donors (Lipinski definition) is 2. The minimum atomic E-state index is 0.601. The molecule has 102 valence electrons. The van der Waals surface area contributed by atoms with Gasteiger partial charge in [0, 0.05) is 32.2 Å². The third kappa shape index (κ3) is 2.80. The van der Waals surface area contributed by atoms with E-state index < -0.39 is 0 Å². The number of nitrogens with one attached hydrogen (secondary N) is 2. The Hall–Kier alpha value is -1.39. The number of imidazole rings is 1. The van der Waals surface area contributed by atoms with E-state index in [0.717, 1.165) is 49.5 Å². The maximum absolute atomic E-state index is 4.45. The molecule has 1 aromatic carbocycles. The maximum Gasteiger partial charge on any atom is 0.104 e. The molecule has 2 heterocycles. The first-order valence-electron chi connectivity index (χ1n) is 7.12. The summed E-state index contributed by atoms with van der Waals surface area (Å²) < 4.78 is 0. The Morgan fingerprint density at radius 1 is 1.32 bits per heavy atom. The monoisotopic (exact) mass is 258 g/mol. The number of aromatic amines is 1. The van der Waals surface area contributed by atoms with Crippen LogP contribution in [0.25, 0.3) is 11.0 Å². The van der Waals surface area contributed by atoms with Crippen LogP contribution in [0.3, 0.4) is 0 Å². The molecule has 2 aromatic rings. The lowest BCUT2D eigenvalue weighted by molar-refractivity contribution is 0.183. The summed E-state index contributed by atoms with van der Waals surface area (Å²) in [4.78, 5) is 10.3. The number of rotatable bonds is 3. The van der Waals surface area contributed by atoms with Crippen molar-refractivity contribution in [3.63, 3.8) is 0 Å². The fourth-order valence-corrected chi connectivity index (χ4v) is 2.90. The maximum atomic E-state index is 4.45. The first-order valence-corrected chi connectivity index (χ1v) is 7.12. The average Bonchev–Trinajstić information content (AvgIpc) is 2.79. The highest BCUT2D eigenvalue weighted by Gasteiger charge is 2.16. The third-order valence-corrected chi connectivity index (χ3v) is 3.97. The minimum absolute atomic E-state index is 0.601. The van der Waals surface area contributed by atoms with Gasteiger partial charge in [0.15, 0.2) is 0 Å². The standard InChI is InChI=1S/C15H22N4/c1-11(19-7-5-16-6-8-19)9-13-3-4-14-15(10-13)18-12(2)17-14/h3-4,10-11,16H,5-9H2,1-2H3,(H,17,18). The van der Waals surface area contributed by atoms with Gasteiger partial charge in [0.05, 0.1) is 11.0 Å². The Morgan fingerprint density at radius 3 is 2.89 bits per heavy atom. The van der Waals surface area contributed by atoms with Crippen molar-refractivity contribution in [3.8, 4) is 0 Å². The zero-order valence-corrected chi connectivity index (χ0v) is 11.7. The van der Waals surface area contributed by atoms with Gasteiger partial charge in [0.25, 0.3) is 0 Å². The molecule has 0 saturated carbocycles. The summed E-state index contributed by atoms with van der Waals surface area (Å²) in [5.41, 5.74) is 3.61. The molecule has 4 nitrogen and oxygen atoms in total. The lowest BCUT2D eigenvalue weighted by Crippen LogP contribution is -2.48. The van der Waals surface area contributed by atoms with Crippen LogP contribution in [0.5, 0.6) is 0 Å². The van der Waals surface area contributed by atoms with Crippen LogP contribution >= 0.6 is 0 Å². The van der Waals surface area contributed by atoms with Crippen molar-refractivity contribution in [1.29, 1.82) is 0 Å². The summed E-state index contributed by atoms with van der Waals surface area (Å²) in [6.07, 6.45) is 1.11. The van der Waals surface area contributed by atoms with Crippen molar-refractivity contribution < 1.29 is 0 Å². The molecule has 3 rings (SSSR count). The van der Waals surface area contributed by atoms with E-state index in [4.69, 9.17) is 0 Å². The molecule has 0 bridgehead atoms. The van der Waals surface area contributed by atoms with Crippen LogP contribution in [0.1, 0.15) is 18.3 Å². The van der Waals surface area contributed by atoms with Crippen molar-refractivity contribution in [3.05, 3.63) is 29.6 Å². The number of hydrogen-bond acceptors (Lipinski definition) is 3. The average molecular weight is 258 g/mol. The van der Waals surface area contributed by atoms with Gasteiger partial charge < -0.3 is 10.3 Å². The van der Waals surface area contributed by atoms with Crippen molar-refractivity contribution >= 4 is 11.0 Å². The van der Waals surface area contributed by atoms with Crippen molar-refractivity contribution in [2.75, 3.05) is 26.2 Å². The summed E-state index contributed by atoms with van der Waals surface area (Å²) in [7, 11) is 0. The number of H-pyrrole nitrogens is 1. The predicted molar refractivity (Wildman–Crippen MR) is 78.4 cm³/mol. The van der Waals surface area contributed by atoms with Crippen LogP contribution in [-0.2, 0) is 6.42 Å². The number of nitrogens with zero attached hydrogens (tertiary/aromatic N) is 2. The molecule has 1 saturated heterocycles. The summed E-state index contributed by atoms with van der Waals surface area (Å²) in [6.45, 7) is 8.88. The largest absolute Gasteiger partial charge is 0.342 e. The second kappa shape index (κ2) is 5.31. The molecule has 1 aliphatic rings. The summed E-state index contributed by atoms with van der Waals surface area (Å²) in [6, 6.07) is 7.18. The molecule has 1 atom stereocenters. The molecule has 1 unspecified atom stereocenters. The van der Waals surface area contributed by atoms with Crippen LogP contribution in [0.15, 0.2) is 18.2 Å². The second-order valence-corrected chi connectivity index (χ2v) is 5.51. The highest BCUT2D eigenvalue weighted by molar-refractivity contribution is 5.75. The molecule has 4 heteroatoms. The van der Waals surface area contributed by atoms with E-state index in [2.05, 4.69) is 45.3 Å². The zero-order chi connectivity index (χ0) is 13.2. The van der Waals surface area contributed by atoms with E-state index in [1.807, 2.05) is 6.92 Å². The summed E-state index contributed by atoms with van der Waals surface area (Å²) >= 11 is 0. The summed E-state index contributed by atoms with van der Waals surface area (Å²) in [5, 5.41) is 3.41. The molecule has 1 fully saturated rings. The van der Waals surface area contributed by atoms with Gasteiger partial charge in [-0.1, -0.05) is 6.07 Å². The Morgan fingerprint density at radius 2 is 2.11 bits per heavy atom. The SMILES string of the molecule is Cc1nc2ccc(CC(C)N3CCNCC3)cc2[nH]1. The van der Waals surface area contributed by atoms with Crippen molar-refractivity contribution in [2.45, 2.75) is 26.3 Å². The normalized spacial score (nSPS) is 18.8. The van der Waals surface area contributed by atoms with Crippen LogP contribution < -0.4 is 5.32 Å². The summed E-state index contributed by atoms with van der Waals surface area (Å²) in [5.74, 6) is 0.988. The second-order valence-electron chi connectivity index (χ2n) is 5.51. The van der Waals surface area contributed by atoms with Gasteiger partial charge in [-0.05, 0) is 38.0 Å². The quantitative estimate of drug-likeness (QED) is 0.881. The Labute approximate surface area is 114 Å². The highest BCUT2D eigenvalue weighted by Crippen LogP contribution is 2.16. The number of benzene rings is 1. The van der Waals surface area contributed by atoms with E-state index >= 15 is 0 Å². The van der Waals surface area contributed by atoms with Gasteiger partial charge in [0.2, 0.25) is 0 Å². The number of piperazine rings is 1. The van der Waals surface area contributed by atoms with E-state index in [9.17, 15) is 0 Å². The van der Waals surface area contributed by atoms with Gasteiger partial charge in [-0.15, -0.1) is 0 Å². The van der Waals surface area contributed by atoms with Gasteiger partial charge in [-0.2, -0.15) is 0 Å². The predicted octanol–water partition coefficient (Wildman–Crippen LogP) is 1.71. The van der Waals surface area contributed by atoms with Gasteiger partial charge >= 0.3 is 0 Å². The zero-order valence-electron chi connectivity index (χ0n) is 11.7. The molecule has 19 heavy (non-hydrogen) atoms. The smallest absolute Gasteiger partial charge is 0.104 e. The lowest BCUT2D eigenvalue weighted by Gasteiger charge is -2.32. The van der Waals surface area contributed by atoms with Crippen LogP contribution in [0.2, 0.25) is 0 Å². The van der Waals surface area contributed by atoms with Crippen molar-refractivity contribution in [1.82, 2.24) is 20.2 Å². The molecule has 0 spiro atoms. The molecule has 2 N–H and O–H groups in total. The van der Waals surface area contributed by atoms with Gasteiger partial charge in [-0.25, -0.2) is 4.98 Å². The lowest BCUT2D eigenvalue weighted by atomic mass is 10.0. The van der Waals surface area contributed by atoms with E-state index in [1.165, 1.54) is 5.56 Å². The van der Waals surface area contributed by atoms with E-state index in [1.54, 1.807) is 0 Å². The number of aryl methyl sites for hydroxylation is 1. The Kier molecular flexibility index (Phi) is 3.53.